The van der Waals surface area contributed by atoms with E-state index in [4.69, 9.17) is 0 Å². The van der Waals surface area contributed by atoms with E-state index < -0.39 is 35.0 Å². The molecule has 0 aromatic heterocycles. The highest BCUT2D eigenvalue weighted by atomic mass is 16.2. The summed E-state index contributed by atoms with van der Waals surface area (Å²) in [6, 6.07) is 6.30. The van der Waals surface area contributed by atoms with Crippen molar-refractivity contribution < 1.29 is 19.2 Å². The molecule has 2 aliphatic carbocycles. The van der Waals surface area contributed by atoms with Crippen LogP contribution in [-0.2, 0) is 9.59 Å². The fourth-order valence-electron chi connectivity index (χ4n) is 2.51. The molecule has 1 aromatic carbocycles. The maximum atomic E-state index is 12.2. The molecule has 4 nitrogen and oxygen atoms in total. The second-order valence-electron chi connectivity index (χ2n) is 4.37. The smallest absolute Gasteiger partial charge is 0.175 e. The average molecular weight is 240 g/mol. The van der Waals surface area contributed by atoms with Gasteiger partial charge in [0.2, 0.25) is 0 Å². The molecule has 1 aromatic rings. The van der Waals surface area contributed by atoms with E-state index >= 15 is 0 Å². The molecule has 4 heteroatoms. The maximum absolute atomic E-state index is 12.2. The third-order valence-corrected chi connectivity index (χ3v) is 3.38. The van der Waals surface area contributed by atoms with E-state index in [1.165, 1.54) is 12.1 Å². The molecule has 88 valence electrons. The van der Waals surface area contributed by atoms with Crippen LogP contribution in [-0.4, -0.2) is 23.1 Å². The predicted octanol–water partition coefficient (Wildman–Crippen LogP) is 1.01. The molecule has 3 rings (SSSR count). The van der Waals surface area contributed by atoms with Gasteiger partial charge in [0.15, 0.2) is 23.1 Å². The fourth-order valence-corrected chi connectivity index (χ4v) is 2.51. The van der Waals surface area contributed by atoms with Crippen molar-refractivity contribution in [2.45, 2.75) is 0 Å². The van der Waals surface area contributed by atoms with Crippen LogP contribution >= 0.6 is 0 Å². The van der Waals surface area contributed by atoms with Gasteiger partial charge >= 0.3 is 0 Å². The molecule has 0 N–H and O–H groups in total. The molecule has 0 saturated carbocycles. The molecule has 0 fully saturated rings. The molecule has 2 unspecified atom stereocenters. The van der Waals surface area contributed by atoms with Gasteiger partial charge in [0.25, 0.3) is 0 Å². The number of carbonyl (C=O) groups is 4. The Morgan fingerprint density at radius 3 is 1.44 bits per heavy atom. The number of allylic oxidation sites excluding steroid dienone is 2. The molecule has 0 spiro atoms. The summed E-state index contributed by atoms with van der Waals surface area (Å²) in [5, 5.41) is 0. The normalized spacial score (nSPS) is 26.0. The van der Waals surface area contributed by atoms with E-state index in [1.54, 1.807) is 12.1 Å². The summed E-state index contributed by atoms with van der Waals surface area (Å²) in [6.45, 7) is 0. The monoisotopic (exact) mass is 240 g/mol. The highest BCUT2D eigenvalue weighted by Crippen LogP contribution is 2.33. The Balaban J connectivity index is 2.25. The fraction of sp³-hybridized carbons (Fsp3) is 0.143. The topological polar surface area (TPSA) is 68.3 Å². The van der Waals surface area contributed by atoms with Crippen LogP contribution in [0.4, 0.5) is 0 Å². The first kappa shape index (κ1) is 10.8. The van der Waals surface area contributed by atoms with Crippen molar-refractivity contribution in [1.29, 1.82) is 0 Å². The van der Waals surface area contributed by atoms with E-state index in [2.05, 4.69) is 0 Å². The second kappa shape index (κ2) is 3.57. The number of hydrogen-bond acceptors (Lipinski definition) is 4. The van der Waals surface area contributed by atoms with Gasteiger partial charge in [0.05, 0.1) is 0 Å². The Morgan fingerprint density at radius 2 is 1.06 bits per heavy atom. The molecule has 0 amide bonds. The SMILES string of the molecule is O=C1C=CC(=O)C2C(=O)c3ccccc3C(=O)C12. The lowest BCUT2D eigenvalue weighted by atomic mass is 9.68. The van der Waals surface area contributed by atoms with Crippen LogP contribution in [0.15, 0.2) is 36.4 Å². The van der Waals surface area contributed by atoms with Gasteiger partial charge in [-0.2, -0.15) is 0 Å². The van der Waals surface area contributed by atoms with Crippen molar-refractivity contribution in [3.8, 4) is 0 Å². The van der Waals surface area contributed by atoms with Crippen molar-refractivity contribution in [3.63, 3.8) is 0 Å². The molecule has 0 aliphatic heterocycles. The highest BCUT2D eigenvalue weighted by molar-refractivity contribution is 6.32. The number of rotatable bonds is 0. The standard InChI is InChI=1S/C14H8O4/c15-9-5-6-10(16)12-11(9)13(17)7-3-1-2-4-8(7)14(12)18/h1-6,11-12H. The molecule has 0 heterocycles. The Hall–Kier alpha value is -2.36. The highest BCUT2D eigenvalue weighted by Gasteiger charge is 2.48. The minimum absolute atomic E-state index is 0.236. The van der Waals surface area contributed by atoms with E-state index in [9.17, 15) is 19.2 Å². The van der Waals surface area contributed by atoms with Crippen molar-refractivity contribution in [2.75, 3.05) is 0 Å². The van der Waals surface area contributed by atoms with Crippen LogP contribution in [0.25, 0.3) is 0 Å². The van der Waals surface area contributed by atoms with E-state index in [0.29, 0.717) is 0 Å². The van der Waals surface area contributed by atoms with Crippen LogP contribution in [0.3, 0.4) is 0 Å². The van der Waals surface area contributed by atoms with Gasteiger partial charge in [-0.05, 0) is 12.2 Å². The molecular formula is C14H8O4. The average Bonchev–Trinajstić information content (AvgIpc) is 2.38. The number of Topliss-reactive ketones (excluding diaryl/α,β-unsaturated/α-hetero) is 2. The lowest BCUT2D eigenvalue weighted by Gasteiger charge is -2.29. The Bertz CT molecular complexity index is 584. The summed E-state index contributed by atoms with van der Waals surface area (Å²) in [5.41, 5.74) is 0.473. The summed E-state index contributed by atoms with van der Waals surface area (Å²) < 4.78 is 0. The summed E-state index contributed by atoms with van der Waals surface area (Å²) in [4.78, 5) is 47.8. The van der Waals surface area contributed by atoms with Gasteiger partial charge in [0, 0.05) is 11.1 Å². The molecule has 18 heavy (non-hydrogen) atoms. The lowest BCUT2D eigenvalue weighted by molar-refractivity contribution is -0.126. The van der Waals surface area contributed by atoms with Crippen LogP contribution in [0.1, 0.15) is 20.7 Å². The van der Waals surface area contributed by atoms with E-state index in [-0.39, 0.29) is 11.1 Å². The number of ketones is 4. The minimum Gasteiger partial charge on any atom is -0.294 e. The molecule has 2 atom stereocenters. The van der Waals surface area contributed by atoms with Gasteiger partial charge in [-0.15, -0.1) is 0 Å². The second-order valence-corrected chi connectivity index (χ2v) is 4.37. The molecule has 0 bridgehead atoms. The number of fused-ring (bicyclic) bond motifs is 2. The van der Waals surface area contributed by atoms with Crippen molar-refractivity contribution >= 4 is 23.1 Å². The molecule has 2 aliphatic rings. The maximum Gasteiger partial charge on any atom is 0.175 e. The third kappa shape index (κ3) is 1.26. The molecule has 0 saturated heterocycles. The van der Waals surface area contributed by atoms with Gasteiger partial charge in [0.1, 0.15) is 11.8 Å². The molecular weight excluding hydrogens is 232 g/mol. The zero-order valence-corrected chi connectivity index (χ0v) is 9.25. The van der Waals surface area contributed by atoms with Gasteiger partial charge < -0.3 is 0 Å². The lowest BCUT2D eigenvalue weighted by Crippen LogP contribution is -2.46. The van der Waals surface area contributed by atoms with Crippen molar-refractivity contribution in [2.24, 2.45) is 11.8 Å². The van der Waals surface area contributed by atoms with E-state index in [0.717, 1.165) is 12.2 Å². The summed E-state index contributed by atoms with van der Waals surface area (Å²) in [7, 11) is 0. The largest absolute Gasteiger partial charge is 0.294 e. The number of hydrogen-bond donors (Lipinski definition) is 0. The number of carbonyl (C=O) groups excluding carboxylic acids is 4. The van der Waals surface area contributed by atoms with Crippen LogP contribution in [0.2, 0.25) is 0 Å². The number of benzene rings is 1. The Kier molecular flexibility index (Phi) is 2.13. The van der Waals surface area contributed by atoms with Gasteiger partial charge in [-0.25, -0.2) is 0 Å². The van der Waals surface area contributed by atoms with Crippen LogP contribution in [0.5, 0.6) is 0 Å². The van der Waals surface area contributed by atoms with Gasteiger partial charge in [-0.3, -0.25) is 19.2 Å². The van der Waals surface area contributed by atoms with E-state index in [1.807, 2.05) is 0 Å². The van der Waals surface area contributed by atoms with Crippen molar-refractivity contribution in [3.05, 3.63) is 47.5 Å². The van der Waals surface area contributed by atoms with Crippen LogP contribution < -0.4 is 0 Å². The summed E-state index contributed by atoms with van der Waals surface area (Å²) in [5.74, 6) is -4.12. The third-order valence-electron chi connectivity index (χ3n) is 3.38. The zero-order chi connectivity index (χ0) is 12.9. The van der Waals surface area contributed by atoms with Crippen molar-refractivity contribution in [1.82, 2.24) is 0 Å². The van der Waals surface area contributed by atoms with Gasteiger partial charge in [-0.1, -0.05) is 24.3 Å². The Morgan fingerprint density at radius 1 is 0.667 bits per heavy atom. The van der Waals surface area contributed by atoms with Crippen LogP contribution in [0, 0.1) is 11.8 Å². The first-order chi connectivity index (χ1) is 8.61. The minimum atomic E-state index is -1.16. The predicted molar refractivity (Wildman–Crippen MR) is 61.2 cm³/mol. The zero-order valence-electron chi connectivity index (χ0n) is 9.25. The molecule has 0 radical (unpaired) electrons. The summed E-state index contributed by atoms with van der Waals surface area (Å²) in [6.07, 6.45) is 2.17. The Labute approximate surface area is 102 Å². The first-order valence-corrected chi connectivity index (χ1v) is 5.54. The quantitative estimate of drug-likeness (QED) is 0.634. The summed E-state index contributed by atoms with van der Waals surface area (Å²) >= 11 is 0. The first-order valence-electron chi connectivity index (χ1n) is 5.54.